The summed E-state index contributed by atoms with van der Waals surface area (Å²) in [5, 5.41) is 4.23. The Balaban J connectivity index is 1.67. The molecule has 120 valence electrons. The average molecular weight is 323 g/mol. The van der Waals surface area contributed by atoms with Gasteiger partial charge in [0.2, 0.25) is 0 Å². The van der Waals surface area contributed by atoms with Gasteiger partial charge in [-0.1, -0.05) is 11.6 Å². The summed E-state index contributed by atoms with van der Waals surface area (Å²) < 4.78 is 7.56. The van der Waals surface area contributed by atoms with Crippen molar-refractivity contribution in [2.75, 3.05) is 19.6 Å². The number of hydrogen-bond acceptors (Lipinski definition) is 4. The standard InChI is InChI=1S/C16H23ClN4O/c1-12(16-19-11-15(17)20(16)2)18-10-13(14-6-5-9-22-14)21-7-3-4-8-21/h5-6,9,11-13,18H,3-4,7-8,10H2,1-2H3/t12-,13+/m0/s1. The molecule has 2 aromatic heterocycles. The highest BCUT2D eigenvalue weighted by molar-refractivity contribution is 6.29. The first-order valence-electron chi connectivity index (χ1n) is 7.84. The van der Waals surface area contributed by atoms with Gasteiger partial charge in [-0.25, -0.2) is 4.98 Å². The van der Waals surface area contributed by atoms with Crippen LogP contribution in [0, 0.1) is 0 Å². The van der Waals surface area contributed by atoms with Gasteiger partial charge in [0.05, 0.1) is 24.5 Å². The Morgan fingerprint density at radius 2 is 2.18 bits per heavy atom. The summed E-state index contributed by atoms with van der Waals surface area (Å²) in [6.07, 6.45) is 5.98. The van der Waals surface area contributed by atoms with E-state index in [-0.39, 0.29) is 12.1 Å². The molecule has 2 aromatic rings. The lowest BCUT2D eigenvalue weighted by molar-refractivity contribution is 0.205. The Labute approximate surface area is 136 Å². The molecule has 3 heterocycles. The smallest absolute Gasteiger partial charge is 0.128 e. The molecular formula is C16H23ClN4O. The third kappa shape index (κ3) is 3.21. The maximum atomic E-state index is 6.07. The number of rotatable bonds is 6. The largest absolute Gasteiger partial charge is 0.468 e. The Hall–Kier alpha value is -1.30. The number of aromatic nitrogens is 2. The van der Waals surface area contributed by atoms with Gasteiger partial charge in [0, 0.05) is 13.6 Å². The first-order valence-corrected chi connectivity index (χ1v) is 8.22. The first kappa shape index (κ1) is 15.6. The summed E-state index contributed by atoms with van der Waals surface area (Å²) in [7, 11) is 1.94. The van der Waals surface area contributed by atoms with E-state index in [0.717, 1.165) is 31.2 Å². The summed E-state index contributed by atoms with van der Waals surface area (Å²) in [5.41, 5.74) is 0. The number of halogens is 1. The van der Waals surface area contributed by atoms with Gasteiger partial charge in [-0.05, 0) is 45.0 Å². The summed E-state index contributed by atoms with van der Waals surface area (Å²) in [6, 6.07) is 4.43. The molecule has 0 amide bonds. The van der Waals surface area contributed by atoms with Crippen molar-refractivity contribution in [1.82, 2.24) is 19.8 Å². The van der Waals surface area contributed by atoms with E-state index in [0.29, 0.717) is 5.15 Å². The zero-order valence-corrected chi connectivity index (χ0v) is 13.9. The highest BCUT2D eigenvalue weighted by Crippen LogP contribution is 2.26. The van der Waals surface area contributed by atoms with E-state index < -0.39 is 0 Å². The van der Waals surface area contributed by atoms with Crippen molar-refractivity contribution in [3.63, 3.8) is 0 Å². The molecule has 0 bridgehead atoms. The molecule has 1 saturated heterocycles. The van der Waals surface area contributed by atoms with Crippen LogP contribution in [0.3, 0.4) is 0 Å². The summed E-state index contributed by atoms with van der Waals surface area (Å²) in [4.78, 5) is 6.87. The molecule has 0 spiro atoms. The molecule has 1 N–H and O–H groups in total. The number of nitrogens with one attached hydrogen (secondary N) is 1. The second-order valence-electron chi connectivity index (χ2n) is 5.90. The third-order valence-corrected chi connectivity index (χ3v) is 4.78. The third-order valence-electron chi connectivity index (χ3n) is 4.43. The van der Waals surface area contributed by atoms with Crippen molar-refractivity contribution in [3.05, 3.63) is 41.3 Å². The fourth-order valence-electron chi connectivity index (χ4n) is 3.13. The van der Waals surface area contributed by atoms with Crippen molar-refractivity contribution < 1.29 is 4.42 Å². The highest BCUT2D eigenvalue weighted by atomic mass is 35.5. The van der Waals surface area contributed by atoms with E-state index in [9.17, 15) is 0 Å². The van der Waals surface area contributed by atoms with Crippen LogP contribution in [0.2, 0.25) is 5.15 Å². The van der Waals surface area contributed by atoms with E-state index >= 15 is 0 Å². The minimum atomic E-state index is 0.137. The van der Waals surface area contributed by atoms with Crippen LogP contribution in [0.4, 0.5) is 0 Å². The zero-order valence-electron chi connectivity index (χ0n) is 13.1. The van der Waals surface area contributed by atoms with Crippen LogP contribution in [0.5, 0.6) is 0 Å². The minimum absolute atomic E-state index is 0.137. The van der Waals surface area contributed by atoms with Crippen molar-refractivity contribution in [1.29, 1.82) is 0 Å². The van der Waals surface area contributed by atoms with Crippen LogP contribution in [0.1, 0.15) is 43.4 Å². The molecule has 2 atom stereocenters. The molecule has 0 unspecified atom stereocenters. The van der Waals surface area contributed by atoms with Gasteiger partial charge in [0.25, 0.3) is 0 Å². The molecule has 1 aliphatic heterocycles. The number of furan rings is 1. The zero-order chi connectivity index (χ0) is 15.5. The lowest BCUT2D eigenvalue weighted by atomic mass is 10.1. The van der Waals surface area contributed by atoms with E-state index in [2.05, 4.69) is 28.2 Å². The SMILES string of the molecule is C[C@H](NC[C@H](c1ccco1)N1CCCC1)c1ncc(Cl)n1C. The van der Waals surface area contributed by atoms with Gasteiger partial charge in [-0.3, -0.25) is 4.90 Å². The predicted molar refractivity (Wildman–Crippen MR) is 86.9 cm³/mol. The van der Waals surface area contributed by atoms with E-state index in [4.69, 9.17) is 16.0 Å². The van der Waals surface area contributed by atoms with E-state index in [1.54, 1.807) is 12.5 Å². The summed E-state index contributed by atoms with van der Waals surface area (Å²) in [6.45, 7) is 5.21. The molecule has 0 aliphatic carbocycles. The lowest BCUT2D eigenvalue weighted by Gasteiger charge is -2.27. The van der Waals surface area contributed by atoms with E-state index in [1.807, 2.05) is 17.7 Å². The molecule has 6 heteroatoms. The minimum Gasteiger partial charge on any atom is -0.468 e. The normalized spacial score (nSPS) is 18.7. The average Bonchev–Trinajstić information content (AvgIpc) is 3.24. The molecule has 5 nitrogen and oxygen atoms in total. The Kier molecular flexibility index (Phi) is 4.86. The molecule has 22 heavy (non-hydrogen) atoms. The molecule has 0 radical (unpaired) electrons. The Morgan fingerprint density at radius 3 is 2.77 bits per heavy atom. The maximum absolute atomic E-state index is 6.07. The lowest BCUT2D eigenvalue weighted by Crippen LogP contribution is -2.35. The quantitative estimate of drug-likeness (QED) is 0.887. The molecular weight excluding hydrogens is 300 g/mol. The number of hydrogen-bond donors (Lipinski definition) is 1. The number of likely N-dealkylation sites (tertiary alicyclic amines) is 1. The van der Waals surface area contributed by atoms with Gasteiger partial charge >= 0.3 is 0 Å². The van der Waals surface area contributed by atoms with Crippen LogP contribution in [0.15, 0.2) is 29.0 Å². The number of nitrogens with zero attached hydrogens (tertiary/aromatic N) is 3. The molecule has 1 fully saturated rings. The molecule has 1 aliphatic rings. The van der Waals surface area contributed by atoms with Gasteiger partial charge < -0.3 is 14.3 Å². The van der Waals surface area contributed by atoms with Crippen LogP contribution in [0.25, 0.3) is 0 Å². The van der Waals surface area contributed by atoms with Crippen molar-refractivity contribution >= 4 is 11.6 Å². The van der Waals surface area contributed by atoms with Crippen molar-refractivity contribution in [2.45, 2.75) is 31.8 Å². The van der Waals surface area contributed by atoms with Gasteiger partial charge in [-0.2, -0.15) is 0 Å². The second-order valence-corrected chi connectivity index (χ2v) is 6.29. The summed E-state index contributed by atoms with van der Waals surface area (Å²) >= 11 is 6.07. The first-order chi connectivity index (χ1) is 10.7. The molecule has 0 saturated carbocycles. The van der Waals surface area contributed by atoms with Crippen LogP contribution in [-0.2, 0) is 7.05 Å². The monoisotopic (exact) mass is 322 g/mol. The fraction of sp³-hybridized carbons (Fsp3) is 0.562. The van der Waals surface area contributed by atoms with Crippen LogP contribution < -0.4 is 5.32 Å². The fourth-order valence-corrected chi connectivity index (χ4v) is 3.26. The highest BCUT2D eigenvalue weighted by Gasteiger charge is 2.26. The van der Waals surface area contributed by atoms with Gasteiger partial charge in [0.15, 0.2) is 0 Å². The molecule has 3 rings (SSSR count). The second kappa shape index (κ2) is 6.86. The van der Waals surface area contributed by atoms with Crippen LogP contribution in [-0.4, -0.2) is 34.1 Å². The summed E-state index contributed by atoms with van der Waals surface area (Å²) in [5.74, 6) is 1.98. The Bertz CT molecular complexity index is 589. The van der Waals surface area contributed by atoms with Crippen molar-refractivity contribution in [2.24, 2.45) is 7.05 Å². The van der Waals surface area contributed by atoms with Gasteiger partial charge in [-0.15, -0.1) is 0 Å². The number of imidazole rings is 1. The topological polar surface area (TPSA) is 46.2 Å². The molecule has 0 aromatic carbocycles. The maximum Gasteiger partial charge on any atom is 0.128 e. The van der Waals surface area contributed by atoms with E-state index in [1.165, 1.54) is 12.8 Å². The Morgan fingerprint density at radius 1 is 1.41 bits per heavy atom. The van der Waals surface area contributed by atoms with Crippen LogP contribution >= 0.6 is 11.6 Å². The predicted octanol–water partition coefficient (Wildman–Crippen LogP) is 3.15. The van der Waals surface area contributed by atoms with Gasteiger partial charge in [0.1, 0.15) is 16.7 Å². The van der Waals surface area contributed by atoms with Crippen molar-refractivity contribution in [3.8, 4) is 0 Å².